The first-order chi connectivity index (χ1) is 9.41. The summed E-state index contributed by atoms with van der Waals surface area (Å²) in [5.74, 6) is -0.337. The lowest BCUT2D eigenvalue weighted by Gasteiger charge is -2.19. The molecular weight excluding hydrogens is 258 g/mol. The summed E-state index contributed by atoms with van der Waals surface area (Å²) in [7, 11) is 0. The smallest absolute Gasteiger partial charge is 0.240 e. The molecule has 0 saturated carbocycles. The lowest BCUT2D eigenvalue weighted by Crippen LogP contribution is -2.47. The number of ether oxygens (including phenoxy) is 1. The first-order valence-electron chi connectivity index (χ1n) is 6.47. The number of rotatable bonds is 7. The average Bonchev–Trinajstić information content (AvgIpc) is 2.37. The zero-order chi connectivity index (χ0) is 15.1. The molecule has 1 unspecified atom stereocenters. The predicted octanol–water partition coefficient (Wildman–Crippen LogP) is 0.664. The number of nitrogen functional groups attached to an aromatic ring is 1. The molecule has 0 aliphatic rings. The first-order valence-corrected chi connectivity index (χ1v) is 6.47. The molecule has 0 aliphatic carbocycles. The van der Waals surface area contributed by atoms with Gasteiger partial charge in [-0.25, -0.2) is 0 Å². The van der Waals surface area contributed by atoms with E-state index in [0.29, 0.717) is 11.4 Å². The van der Waals surface area contributed by atoms with Crippen LogP contribution in [0.1, 0.15) is 20.3 Å². The maximum atomic E-state index is 11.7. The molecule has 1 atom stereocenters. The number of carbonyl (C=O) groups is 2. The number of para-hydroxylation sites is 2. The zero-order valence-corrected chi connectivity index (χ0v) is 11.8. The second-order valence-electron chi connectivity index (χ2n) is 4.83. The van der Waals surface area contributed by atoms with Gasteiger partial charge in [-0.15, -0.1) is 0 Å². The van der Waals surface area contributed by atoms with Gasteiger partial charge in [0.05, 0.1) is 18.7 Å². The summed E-state index contributed by atoms with van der Waals surface area (Å²) in [6.07, 6.45) is 0.130. The van der Waals surface area contributed by atoms with Crippen LogP contribution in [0.2, 0.25) is 0 Å². The number of nitrogens with one attached hydrogen (secondary N) is 1. The van der Waals surface area contributed by atoms with Gasteiger partial charge in [0, 0.05) is 0 Å². The van der Waals surface area contributed by atoms with Crippen molar-refractivity contribution < 1.29 is 14.3 Å². The third-order valence-corrected chi connectivity index (χ3v) is 2.80. The summed E-state index contributed by atoms with van der Waals surface area (Å²) in [6.45, 7) is 3.82. The van der Waals surface area contributed by atoms with Crippen LogP contribution in [0.5, 0.6) is 5.75 Å². The van der Waals surface area contributed by atoms with E-state index in [1.54, 1.807) is 24.3 Å². The summed E-state index contributed by atoms with van der Waals surface area (Å²) in [5, 5.41) is 2.59. The Balaban J connectivity index is 2.40. The number of amides is 2. The molecule has 6 heteroatoms. The van der Waals surface area contributed by atoms with E-state index in [1.165, 1.54) is 0 Å². The average molecular weight is 279 g/mol. The molecule has 5 N–H and O–H groups in total. The Morgan fingerprint density at radius 3 is 2.50 bits per heavy atom. The molecule has 1 aromatic carbocycles. The van der Waals surface area contributed by atoms with Crippen LogP contribution < -0.4 is 21.5 Å². The second kappa shape index (κ2) is 7.37. The van der Waals surface area contributed by atoms with Gasteiger partial charge >= 0.3 is 0 Å². The number of hydrogen-bond acceptors (Lipinski definition) is 4. The van der Waals surface area contributed by atoms with E-state index < -0.39 is 11.9 Å². The van der Waals surface area contributed by atoms with Crippen molar-refractivity contribution >= 4 is 17.5 Å². The second-order valence-corrected chi connectivity index (χ2v) is 4.83. The third kappa shape index (κ3) is 4.79. The van der Waals surface area contributed by atoms with Gasteiger partial charge in [0.1, 0.15) is 11.8 Å². The highest BCUT2D eigenvalue weighted by Crippen LogP contribution is 2.19. The molecule has 1 aromatic rings. The molecule has 0 aliphatic heterocycles. The van der Waals surface area contributed by atoms with Crippen LogP contribution in [0.4, 0.5) is 5.69 Å². The summed E-state index contributed by atoms with van der Waals surface area (Å²) < 4.78 is 5.41. The van der Waals surface area contributed by atoms with Crippen molar-refractivity contribution in [1.82, 2.24) is 5.32 Å². The van der Waals surface area contributed by atoms with Crippen LogP contribution >= 0.6 is 0 Å². The Bertz CT molecular complexity index is 474. The molecule has 0 saturated heterocycles. The molecule has 0 heterocycles. The van der Waals surface area contributed by atoms with Gasteiger partial charge < -0.3 is 21.5 Å². The first kappa shape index (κ1) is 15.8. The molecule has 0 aromatic heterocycles. The number of carbonyl (C=O) groups excluding carboxylic acids is 2. The Morgan fingerprint density at radius 2 is 1.95 bits per heavy atom. The fourth-order valence-electron chi connectivity index (χ4n) is 1.68. The minimum Gasteiger partial charge on any atom is -0.491 e. The molecule has 2 amide bonds. The predicted molar refractivity (Wildman–Crippen MR) is 76.9 cm³/mol. The summed E-state index contributed by atoms with van der Waals surface area (Å²) in [4.78, 5) is 22.9. The van der Waals surface area contributed by atoms with Gasteiger partial charge in [-0.2, -0.15) is 0 Å². The largest absolute Gasteiger partial charge is 0.491 e. The van der Waals surface area contributed by atoms with Gasteiger partial charge in [-0.1, -0.05) is 26.0 Å². The maximum Gasteiger partial charge on any atom is 0.240 e. The van der Waals surface area contributed by atoms with Gasteiger partial charge in [-0.3, -0.25) is 9.59 Å². The third-order valence-electron chi connectivity index (χ3n) is 2.80. The Hall–Kier alpha value is -2.24. The van der Waals surface area contributed by atoms with Crippen molar-refractivity contribution in [1.29, 1.82) is 0 Å². The summed E-state index contributed by atoms with van der Waals surface area (Å²) >= 11 is 0. The topological polar surface area (TPSA) is 107 Å². The van der Waals surface area contributed by atoms with E-state index >= 15 is 0 Å². The highest BCUT2D eigenvalue weighted by Gasteiger charge is 2.21. The Labute approximate surface area is 118 Å². The number of benzene rings is 1. The highest BCUT2D eigenvalue weighted by atomic mass is 16.5. The van der Waals surface area contributed by atoms with E-state index in [2.05, 4.69) is 5.32 Å². The normalized spacial score (nSPS) is 11.9. The SMILES string of the molecule is CC(C)C(NC(=O)CCOc1ccccc1N)C(N)=O. The minimum atomic E-state index is -0.663. The van der Waals surface area contributed by atoms with E-state index in [-0.39, 0.29) is 24.9 Å². The van der Waals surface area contributed by atoms with Crippen molar-refractivity contribution in [3.63, 3.8) is 0 Å². The highest BCUT2D eigenvalue weighted by molar-refractivity contribution is 5.86. The molecule has 0 spiro atoms. The van der Waals surface area contributed by atoms with Gasteiger partial charge in [0.15, 0.2) is 0 Å². The minimum absolute atomic E-state index is 0.0536. The van der Waals surface area contributed by atoms with Crippen molar-refractivity contribution in [3.05, 3.63) is 24.3 Å². The van der Waals surface area contributed by atoms with Crippen LogP contribution in [0.25, 0.3) is 0 Å². The molecule has 0 bridgehead atoms. The summed E-state index contributed by atoms with van der Waals surface area (Å²) in [6, 6.07) is 6.39. The molecule has 0 radical (unpaired) electrons. The number of primary amides is 1. The number of nitrogens with two attached hydrogens (primary N) is 2. The van der Waals surface area contributed by atoms with Crippen LogP contribution in [-0.4, -0.2) is 24.5 Å². The maximum absolute atomic E-state index is 11.7. The fraction of sp³-hybridized carbons (Fsp3) is 0.429. The van der Waals surface area contributed by atoms with Crippen LogP contribution in [-0.2, 0) is 9.59 Å². The van der Waals surface area contributed by atoms with Gasteiger partial charge in [0.25, 0.3) is 0 Å². The molecule has 6 nitrogen and oxygen atoms in total. The van der Waals surface area contributed by atoms with E-state index in [1.807, 2.05) is 13.8 Å². The van der Waals surface area contributed by atoms with E-state index in [0.717, 1.165) is 0 Å². The van der Waals surface area contributed by atoms with Crippen LogP contribution in [0, 0.1) is 5.92 Å². The number of anilines is 1. The van der Waals surface area contributed by atoms with Crippen LogP contribution in [0.15, 0.2) is 24.3 Å². The molecule has 110 valence electrons. The van der Waals surface area contributed by atoms with Crippen molar-refractivity contribution in [3.8, 4) is 5.75 Å². The fourth-order valence-corrected chi connectivity index (χ4v) is 1.68. The van der Waals surface area contributed by atoms with Gasteiger partial charge in [0.2, 0.25) is 11.8 Å². The van der Waals surface area contributed by atoms with Gasteiger partial charge in [-0.05, 0) is 18.1 Å². The quantitative estimate of drug-likeness (QED) is 0.637. The zero-order valence-electron chi connectivity index (χ0n) is 11.8. The Morgan fingerprint density at radius 1 is 1.30 bits per heavy atom. The number of hydrogen-bond donors (Lipinski definition) is 3. The molecule has 1 rings (SSSR count). The Kier molecular flexibility index (Phi) is 5.83. The van der Waals surface area contributed by atoms with E-state index in [9.17, 15) is 9.59 Å². The molecule has 0 fully saturated rings. The van der Waals surface area contributed by atoms with Crippen molar-refractivity contribution in [2.75, 3.05) is 12.3 Å². The van der Waals surface area contributed by atoms with E-state index in [4.69, 9.17) is 16.2 Å². The standard InChI is InChI=1S/C14H21N3O3/c1-9(2)13(14(16)19)17-12(18)7-8-20-11-6-4-3-5-10(11)15/h3-6,9,13H,7-8,15H2,1-2H3,(H2,16,19)(H,17,18). The monoisotopic (exact) mass is 279 g/mol. The lowest BCUT2D eigenvalue weighted by molar-refractivity contribution is -0.128. The molecule has 20 heavy (non-hydrogen) atoms. The molecular formula is C14H21N3O3. The summed E-state index contributed by atoms with van der Waals surface area (Å²) in [5.41, 5.74) is 11.5. The lowest BCUT2D eigenvalue weighted by atomic mass is 10.0. The van der Waals surface area contributed by atoms with Crippen molar-refractivity contribution in [2.24, 2.45) is 11.7 Å². The van der Waals surface area contributed by atoms with Crippen LogP contribution in [0.3, 0.4) is 0 Å². The van der Waals surface area contributed by atoms with Crippen molar-refractivity contribution in [2.45, 2.75) is 26.3 Å².